The fourth-order valence-corrected chi connectivity index (χ4v) is 3.72. The Bertz CT molecular complexity index is 506. The maximum Gasteiger partial charge on any atom is 0.391 e. The minimum absolute atomic E-state index is 0.0142. The lowest BCUT2D eigenvalue weighted by Gasteiger charge is -2.44. The number of aliphatic hydroxyl groups is 1. The number of halogens is 3. The second-order valence-electron chi connectivity index (χ2n) is 6.26. The smallest absolute Gasteiger partial charge is 0.388 e. The molecule has 0 radical (unpaired) electrons. The molecule has 21 heavy (non-hydrogen) atoms. The van der Waals surface area contributed by atoms with Crippen LogP contribution < -0.4 is 5.32 Å². The third-order valence-corrected chi connectivity index (χ3v) is 4.96. The van der Waals surface area contributed by atoms with Crippen LogP contribution >= 0.6 is 0 Å². The normalized spacial score (nSPS) is 33.5. The van der Waals surface area contributed by atoms with Crippen LogP contribution in [0.25, 0.3) is 0 Å². The molecule has 5 heteroatoms. The zero-order chi connectivity index (χ0) is 15.1. The van der Waals surface area contributed by atoms with Crippen LogP contribution in [-0.2, 0) is 6.42 Å². The highest BCUT2D eigenvalue weighted by Crippen LogP contribution is 2.46. The molecule has 1 aliphatic heterocycles. The summed E-state index contributed by atoms with van der Waals surface area (Å²) in [5.41, 5.74) is 1.16. The van der Waals surface area contributed by atoms with Crippen LogP contribution in [0.5, 0.6) is 0 Å². The maximum absolute atomic E-state index is 12.8. The Kier molecular flexibility index (Phi) is 3.74. The molecule has 116 valence electrons. The molecule has 1 aliphatic carbocycles. The Morgan fingerprint density at radius 2 is 1.81 bits per heavy atom. The van der Waals surface area contributed by atoms with Crippen molar-refractivity contribution in [3.05, 3.63) is 35.4 Å². The van der Waals surface area contributed by atoms with Crippen molar-refractivity contribution in [2.24, 2.45) is 5.92 Å². The van der Waals surface area contributed by atoms with Crippen LogP contribution in [0.4, 0.5) is 13.2 Å². The summed E-state index contributed by atoms with van der Waals surface area (Å²) in [5, 5.41) is 14.2. The summed E-state index contributed by atoms with van der Waals surface area (Å²) in [4.78, 5) is 0. The number of rotatable bonds is 1. The van der Waals surface area contributed by atoms with Gasteiger partial charge in [-0.05, 0) is 49.8 Å². The topological polar surface area (TPSA) is 32.3 Å². The van der Waals surface area contributed by atoms with Crippen molar-refractivity contribution in [2.75, 3.05) is 6.54 Å². The number of nitrogens with one attached hydrogen (secondary N) is 1. The van der Waals surface area contributed by atoms with E-state index < -0.39 is 17.7 Å². The van der Waals surface area contributed by atoms with Crippen LogP contribution in [-0.4, -0.2) is 23.4 Å². The predicted molar refractivity (Wildman–Crippen MR) is 73.9 cm³/mol. The van der Waals surface area contributed by atoms with Crippen molar-refractivity contribution in [3.63, 3.8) is 0 Å². The van der Waals surface area contributed by atoms with Crippen LogP contribution in [0.2, 0.25) is 0 Å². The van der Waals surface area contributed by atoms with Crippen molar-refractivity contribution in [2.45, 2.75) is 49.9 Å². The van der Waals surface area contributed by atoms with Gasteiger partial charge in [0.2, 0.25) is 0 Å². The molecular formula is C16H20F3NO. The molecule has 3 rings (SSSR count). The fraction of sp³-hybridized carbons (Fsp3) is 0.625. The zero-order valence-corrected chi connectivity index (χ0v) is 11.8. The van der Waals surface area contributed by atoms with Gasteiger partial charge in [-0.15, -0.1) is 0 Å². The van der Waals surface area contributed by atoms with Gasteiger partial charge in [-0.1, -0.05) is 24.3 Å². The van der Waals surface area contributed by atoms with Gasteiger partial charge in [-0.25, -0.2) is 0 Å². The largest absolute Gasteiger partial charge is 0.391 e. The van der Waals surface area contributed by atoms with E-state index in [2.05, 4.69) is 5.32 Å². The Balaban J connectivity index is 1.79. The molecule has 1 unspecified atom stereocenters. The molecule has 0 bridgehead atoms. The lowest BCUT2D eigenvalue weighted by atomic mass is 9.71. The van der Waals surface area contributed by atoms with Crippen LogP contribution in [0.3, 0.4) is 0 Å². The van der Waals surface area contributed by atoms with Gasteiger partial charge in [-0.3, -0.25) is 0 Å². The van der Waals surface area contributed by atoms with Crippen molar-refractivity contribution < 1.29 is 18.3 Å². The van der Waals surface area contributed by atoms with E-state index >= 15 is 0 Å². The standard InChI is InChI=1S/C16H20F3NO/c17-16(18,19)12-5-8-15(21,9-6-12)14-13-4-2-1-3-11(13)7-10-20-14/h1-4,12,14,20-21H,5-10H2. The van der Waals surface area contributed by atoms with Crippen molar-refractivity contribution >= 4 is 0 Å². The van der Waals surface area contributed by atoms with E-state index in [9.17, 15) is 18.3 Å². The Labute approximate surface area is 122 Å². The quantitative estimate of drug-likeness (QED) is 0.833. The van der Waals surface area contributed by atoms with Gasteiger partial charge in [0.05, 0.1) is 17.6 Å². The first-order valence-electron chi connectivity index (χ1n) is 7.50. The number of alkyl halides is 3. The Hall–Kier alpha value is -1.07. The third kappa shape index (κ3) is 2.81. The van der Waals surface area contributed by atoms with E-state index in [1.807, 2.05) is 24.3 Å². The number of hydrogen-bond acceptors (Lipinski definition) is 2. The third-order valence-electron chi connectivity index (χ3n) is 4.96. The van der Waals surface area contributed by atoms with Gasteiger partial charge >= 0.3 is 6.18 Å². The predicted octanol–water partition coefficient (Wildman–Crippen LogP) is 3.36. The first-order chi connectivity index (χ1) is 9.90. The lowest BCUT2D eigenvalue weighted by Crippen LogP contribution is -2.50. The van der Waals surface area contributed by atoms with Gasteiger partial charge in [0, 0.05) is 0 Å². The second-order valence-corrected chi connectivity index (χ2v) is 6.26. The summed E-state index contributed by atoms with van der Waals surface area (Å²) >= 11 is 0. The van der Waals surface area contributed by atoms with Crippen LogP contribution in [0, 0.1) is 5.92 Å². The lowest BCUT2D eigenvalue weighted by molar-refractivity contribution is -0.194. The van der Waals surface area contributed by atoms with E-state index in [-0.39, 0.29) is 31.7 Å². The highest BCUT2D eigenvalue weighted by Gasteiger charge is 2.48. The van der Waals surface area contributed by atoms with Gasteiger partial charge in [-0.2, -0.15) is 13.2 Å². The molecular weight excluding hydrogens is 279 g/mol. The molecule has 2 N–H and O–H groups in total. The molecule has 1 saturated carbocycles. The van der Waals surface area contributed by atoms with Crippen LogP contribution in [0.15, 0.2) is 24.3 Å². The average Bonchev–Trinajstić information content (AvgIpc) is 2.46. The molecule has 0 aromatic heterocycles. The second kappa shape index (κ2) is 5.29. The molecule has 1 atom stereocenters. The minimum Gasteiger partial charge on any atom is -0.388 e. The summed E-state index contributed by atoms with van der Waals surface area (Å²) in [5.74, 6) is -1.27. The minimum atomic E-state index is -4.14. The first kappa shape index (κ1) is 14.9. The van der Waals surface area contributed by atoms with E-state index in [0.717, 1.165) is 18.5 Å². The average molecular weight is 299 g/mol. The first-order valence-corrected chi connectivity index (χ1v) is 7.50. The highest BCUT2D eigenvalue weighted by molar-refractivity contribution is 5.34. The highest BCUT2D eigenvalue weighted by atomic mass is 19.4. The maximum atomic E-state index is 12.8. The molecule has 0 spiro atoms. The molecule has 1 heterocycles. The van der Waals surface area contributed by atoms with Gasteiger partial charge in [0.25, 0.3) is 0 Å². The SMILES string of the molecule is OC1(C2NCCc3ccccc32)CCC(C(F)(F)F)CC1. The molecule has 1 aromatic carbocycles. The van der Waals surface area contributed by atoms with E-state index in [1.54, 1.807) is 0 Å². The molecule has 2 aliphatic rings. The van der Waals surface area contributed by atoms with Gasteiger partial charge < -0.3 is 10.4 Å². The molecule has 1 aromatic rings. The molecule has 0 saturated heterocycles. The summed E-state index contributed by atoms with van der Waals surface area (Å²) in [6.07, 6.45) is -2.82. The molecule has 2 nitrogen and oxygen atoms in total. The zero-order valence-electron chi connectivity index (χ0n) is 11.8. The monoisotopic (exact) mass is 299 g/mol. The van der Waals surface area contributed by atoms with E-state index in [0.29, 0.717) is 0 Å². The van der Waals surface area contributed by atoms with E-state index in [1.165, 1.54) is 5.56 Å². The number of hydrogen-bond donors (Lipinski definition) is 2. The van der Waals surface area contributed by atoms with E-state index in [4.69, 9.17) is 0 Å². The van der Waals surface area contributed by atoms with Crippen LogP contribution in [0.1, 0.15) is 42.9 Å². The summed E-state index contributed by atoms with van der Waals surface area (Å²) in [7, 11) is 0. The fourth-order valence-electron chi connectivity index (χ4n) is 3.72. The Morgan fingerprint density at radius 3 is 2.48 bits per heavy atom. The number of fused-ring (bicyclic) bond motifs is 1. The summed E-state index contributed by atoms with van der Waals surface area (Å²) < 4.78 is 38.3. The Morgan fingerprint density at radius 1 is 1.14 bits per heavy atom. The van der Waals surface area contributed by atoms with Crippen molar-refractivity contribution in [1.82, 2.24) is 5.32 Å². The molecule has 1 fully saturated rings. The van der Waals surface area contributed by atoms with Crippen molar-refractivity contribution in [1.29, 1.82) is 0 Å². The number of benzene rings is 1. The summed E-state index contributed by atoms with van der Waals surface area (Å²) in [6.45, 7) is 0.757. The van der Waals surface area contributed by atoms with Crippen molar-refractivity contribution in [3.8, 4) is 0 Å². The van der Waals surface area contributed by atoms with Gasteiger partial charge in [0.1, 0.15) is 0 Å². The molecule has 0 amide bonds. The summed E-state index contributed by atoms with van der Waals surface area (Å²) in [6, 6.07) is 7.64. The van der Waals surface area contributed by atoms with Gasteiger partial charge in [0.15, 0.2) is 0 Å².